The molecule has 3 heterocycles. The highest BCUT2D eigenvalue weighted by Crippen LogP contribution is 2.29. The van der Waals surface area contributed by atoms with Crippen LogP contribution in [0.5, 0.6) is 0 Å². The average molecular weight is 588 g/mol. The number of aryl methyl sites for hydroxylation is 1. The van der Waals surface area contributed by atoms with Gasteiger partial charge in [-0.25, -0.2) is 9.78 Å². The fourth-order valence-electron chi connectivity index (χ4n) is 4.27. The second-order valence-electron chi connectivity index (χ2n) is 10.8. The summed E-state index contributed by atoms with van der Waals surface area (Å²) >= 11 is 0. The third-order valence-corrected chi connectivity index (χ3v) is 6.82. The highest BCUT2D eigenvalue weighted by molar-refractivity contribution is 5.98. The lowest BCUT2D eigenvalue weighted by Gasteiger charge is -2.21. The zero-order valence-corrected chi connectivity index (χ0v) is 24.7. The van der Waals surface area contributed by atoms with E-state index in [2.05, 4.69) is 35.5 Å². The lowest BCUT2D eigenvalue weighted by molar-refractivity contribution is -0.122. The van der Waals surface area contributed by atoms with Crippen molar-refractivity contribution < 1.29 is 23.5 Å². The highest BCUT2D eigenvalue weighted by atomic mass is 16.5. The largest absolute Gasteiger partial charge is 0.453 e. The number of nitrogens with zero attached hydrogens (tertiary/aromatic N) is 5. The summed E-state index contributed by atoms with van der Waals surface area (Å²) in [7, 11) is 1.15. The normalized spacial score (nSPS) is 12.1. The smallest absolute Gasteiger partial charge is 0.412 e. The maximum absolute atomic E-state index is 13.5. The number of nitrogens with one attached hydrogen (secondary N) is 2. The number of ether oxygens (including phenoxy) is 1. The van der Waals surface area contributed by atoms with Gasteiger partial charge in [0, 0.05) is 6.20 Å². The van der Waals surface area contributed by atoms with Crippen LogP contribution in [0.4, 0.5) is 10.6 Å². The number of hydrogen-bond acceptors (Lipinski definition) is 10. The predicted molar refractivity (Wildman–Crippen MR) is 156 cm³/mol. The molecule has 0 aliphatic rings. The molecule has 1 unspecified atom stereocenters. The molecule has 13 nitrogen and oxygen atoms in total. The van der Waals surface area contributed by atoms with E-state index in [1.807, 2.05) is 32.9 Å². The van der Waals surface area contributed by atoms with E-state index in [0.29, 0.717) is 17.0 Å². The van der Waals surface area contributed by atoms with Crippen LogP contribution in [0.25, 0.3) is 11.3 Å². The van der Waals surface area contributed by atoms with Crippen LogP contribution >= 0.6 is 0 Å². The number of pyridine rings is 1. The Morgan fingerprint density at radius 3 is 2.37 bits per heavy atom. The van der Waals surface area contributed by atoms with Gasteiger partial charge in [0.2, 0.25) is 23.4 Å². The second kappa shape index (κ2) is 12.8. The van der Waals surface area contributed by atoms with Crippen molar-refractivity contribution >= 4 is 23.6 Å². The number of rotatable bonds is 10. The number of carbonyl (C=O) groups is 3. The van der Waals surface area contributed by atoms with Crippen molar-refractivity contribution in [2.24, 2.45) is 5.92 Å². The molecule has 0 fully saturated rings. The Labute approximate surface area is 247 Å². The van der Waals surface area contributed by atoms with E-state index >= 15 is 0 Å². The van der Waals surface area contributed by atoms with Gasteiger partial charge < -0.3 is 14.5 Å². The topological polar surface area (TPSA) is 171 Å². The van der Waals surface area contributed by atoms with Crippen LogP contribution in [0.2, 0.25) is 0 Å². The Kier molecular flexibility index (Phi) is 9.12. The minimum atomic E-state index is -1.04. The van der Waals surface area contributed by atoms with E-state index in [4.69, 9.17) is 4.42 Å². The summed E-state index contributed by atoms with van der Waals surface area (Å²) in [5.41, 5.74) is 1.12. The molecule has 0 spiro atoms. The van der Waals surface area contributed by atoms with Gasteiger partial charge in [-0.2, -0.15) is 0 Å². The summed E-state index contributed by atoms with van der Waals surface area (Å²) in [5, 5.41) is 13.0. The zero-order valence-electron chi connectivity index (χ0n) is 24.7. The molecule has 1 aromatic carbocycles. The van der Waals surface area contributed by atoms with Gasteiger partial charge in [0.25, 0.3) is 11.4 Å². The minimum Gasteiger partial charge on any atom is -0.453 e. The SMILES string of the molecule is COC(=O)Nc1ncc(-c2ccccc2)n(CC(=O)NC(C(=O)c2nnc(C(C)(C)c3ccc(C)cn3)o2)C(C)C)c1=O. The summed E-state index contributed by atoms with van der Waals surface area (Å²) < 4.78 is 11.5. The fraction of sp³-hybridized carbons (Fsp3) is 0.333. The van der Waals surface area contributed by atoms with Crippen molar-refractivity contribution in [3.05, 3.63) is 88.3 Å². The Morgan fingerprint density at radius 2 is 1.74 bits per heavy atom. The molecular formula is C30H33N7O6. The number of benzene rings is 1. The summed E-state index contributed by atoms with van der Waals surface area (Å²) in [5.74, 6) is -1.95. The van der Waals surface area contributed by atoms with E-state index in [9.17, 15) is 19.2 Å². The molecule has 4 aromatic rings. The number of methoxy groups -OCH3 is 1. The van der Waals surface area contributed by atoms with E-state index < -0.39 is 41.3 Å². The summed E-state index contributed by atoms with van der Waals surface area (Å²) in [6.07, 6.45) is 2.21. The quantitative estimate of drug-likeness (QED) is 0.262. The predicted octanol–water partition coefficient (Wildman–Crippen LogP) is 3.52. The molecule has 0 radical (unpaired) electrons. The lowest BCUT2D eigenvalue weighted by Crippen LogP contribution is -2.46. The third-order valence-electron chi connectivity index (χ3n) is 6.82. The highest BCUT2D eigenvalue weighted by Gasteiger charge is 2.35. The molecule has 1 atom stereocenters. The van der Waals surface area contributed by atoms with Crippen LogP contribution in [0, 0.1) is 12.8 Å². The Hall–Kier alpha value is -5.20. The molecule has 3 aromatic heterocycles. The van der Waals surface area contributed by atoms with Crippen molar-refractivity contribution in [2.75, 3.05) is 12.4 Å². The molecule has 0 saturated heterocycles. The molecule has 0 saturated carbocycles. The van der Waals surface area contributed by atoms with Gasteiger partial charge in [-0.15, -0.1) is 10.2 Å². The number of anilines is 1. The van der Waals surface area contributed by atoms with Crippen molar-refractivity contribution in [1.82, 2.24) is 30.0 Å². The first-order valence-electron chi connectivity index (χ1n) is 13.5. The van der Waals surface area contributed by atoms with Gasteiger partial charge >= 0.3 is 6.09 Å². The molecule has 0 aliphatic carbocycles. The lowest BCUT2D eigenvalue weighted by atomic mass is 9.88. The molecule has 4 rings (SSSR count). The summed E-state index contributed by atoms with van der Waals surface area (Å²) in [6, 6.07) is 11.6. The van der Waals surface area contributed by atoms with Crippen LogP contribution in [-0.2, 0) is 21.5 Å². The van der Waals surface area contributed by atoms with E-state index in [0.717, 1.165) is 17.2 Å². The molecular weight excluding hydrogens is 554 g/mol. The van der Waals surface area contributed by atoms with E-state index in [1.165, 1.54) is 6.20 Å². The van der Waals surface area contributed by atoms with Gasteiger partial charge in [0.05, 0.1) is 36.2 Å². The molecule has 0 aliphatic heterocycles. The fourth-order valence-corrected chi connectivity index (χ4v) is 4.27. The first kappa shape index (κ1) is 30.8. The number of amides is 2. The van der Waals surface area contributed by atoms with Crippen LogP contribution in [0.3, 0.4) is 0 Å². The number of Topliss-reactive ketones (excluding diaryl/α,β-unsaturated/α-hetero) is 1. The van der Waals surface area contributed by atoms with E-state index in [-0.39, 0.29) is 23.5 Å². The number of hydrogen-bond donors (Lipinski definition) is 2. The molecule has 0 bridgehead atoms. The molecule has 2 amide bonds. The van der Waals surface area contributed by atoms with Crippen LogP contribution in [-0.4, -0.2) is 55.7 Å². The zero-order chi connectivity index (χ0) is 31.3. The van der Waals surface area contributed by atoms with Crippen molar-refractivity contribution in [3.63, 3.8) is 0 Å². The van der Waals surface area contributed by atoms with Gasteiger partial charge in [-0.3, -0.25) is 29.3 Å². The van der Waals surface area contributed by atoms with Crippen molar-refractivity contribution in [1.29, 1.82) is 0 Å². The first-order chi connectivity index (χ1) is 20.4. The first-order valence-corrected chi connectivity index (χ1v) is 13.5. The van der Waals surface area contributed by atoms with Gasteiger partial charge in [0.1, 0.15) is 6.54 Å². The molecule has 13 heteroatoms. The summed E-state index contributed by atoms with van der Waals surface area (Å²) in [4.78, 5) is 60.4. The molecule has 224 valence electrons. The Balaban J connectivity index is 1.59. The standard InChI is InChI=1S/C30H33N7O6/c1-17(2)23(24(39)26-35-36-28(43-26)30(4,5)21-13-12-18(3)14-31-21)33-22(38)16-37-20(19-10-8-7-9-11-19)15-32-25(27(37)40)34-29(41)42-6/h7-15,17,23H,16H2,1-6H3,(H,33,38)(H,32,34,41). The number of carbonyl (C=O) groups excluding carboxylic acids is 3. The third kappa shape index (κ3) is 6.83. The molecule has 2 N–H and O–H groups in total. The maximum Gasteiger partial charge on any atom is 0.412 e. The Morgan fingerprint density at radius 1 is 1.02 bits per heavy atom. The van der Waals surface area contributed by atoms with Gasteiger partial charge in [-0.05, 0) is 43.9 Å². The van der Waals surface area contributed by atoms with E-state index in [1.54, 1.807) is 50.4 Å². The molecule has 43 heavy (non-hydrogen) atoms. The number of aromatic nitrogens is 5. The van der Waals surface area contributed by atoms with Gasteiger partial charge in [-0.1, -0.05) is 50.2 Å². The Bertz CT molecular complexity index is 1680. The summed E-state index contributed by atoms with van der Waals surface area (Å²) in [6.45, 7) is 8.68. The van der Waals surface area contributed by atoms with Crippen LogP contribution in [0.15, 0.2) is 64.1 Å². The van der Waals surface area contributed by atoms with Crippen molar-refractivity contribution in [3.8, 4) is 11.3 Å². The minimum absolute atomic E-state index is 0.197. The van der Waals surface area contributed by atoms with Crippen LogP contribution < -0.4 is 16.2 Å². The average Bonchev–Trinajstić information content (AvgIpc) is 3.50. The van der Waals surface area contributed by atoms with Crippen LogP contribution in [0.1, 0.15) is 55.5 Å². The monoisotopic (exact) mass is 587 g/mol. The number of ketones is 1. The maximum atomic E-state index is 13.5. The van der Waals surface area contributed by atoms with Gasteiger partial charge in [0.15, 0.2) is 0 Å². The second-order valence-corrected chi connectivity index (χ2v) is 10.8. The van der Waals surface area contributed by atoms with Crippen molar-refractivity contribution in [2.45, 2.75) is 52.6 Å².